The number of esters is 2. The summed E-state index contributed by atoms with van der Waals surface area (Å²) in [6.07, 6.45) is 53.4. The number of carbonyl (C=O) groups excluding carboxylic acids is 2. The molecule has 0 saturated heterocycles. The minimum Gasteiger partial charge on any atom is -0.466 e. The summed E-state index contributed by atoms with van der Waals surface area (Å²) in [7, 11) is 0. The van der Waals surface area contributed by atoms with E-state index >= 15 is 0 Å². The average molecular weight is 870 g/mol. The molecule has 0 saturated carbocycles. The number of allylic oxidation sites excluding steroid dienone is 4. The zero-order valence-corrected chi connectivity index (χ0v) is 40.7. The molecule has 0 radical (unpaired) electrons. The normalized spacial score (nSPS) is 12.8. The van der Waals surface area contributed by atoms with E-state index in [-0.39, 0.29) is 24.0 Å². The maximum atomic E-state index is 12.3. The number of carbonyl (C=O) groups is 2. The third kappa shape index (κ3) is 40.3. The maximum Gasteiger partial charge on any atom is 0.305 e. The number of nitrogens with zero attached hydrogens (tertiary/aromatic N) is 2. The van der Waals surface area contributed by atoms with E-state index < -0.39 is 0 Å². The molecule has 0 aliphatic heterocycles. The van der Waals surface area contributed by atoms with E-state index in [1.54, 1.807) is 6.20 Å². The third-order valence-electron chi connectivity index (χ3n) is 12.2. The van der Waals surface area contributed by atoms with Crippen LogP contribution in [0.15, 0.2) is 42.8 Å². The highest BCUT2D eigenvalue weighted by Crippen LogP contribution is 2.19. The van der Waals surface area contributed by atoms with Crippen LogP contribution in [0.3, 0.4) is 0 Å². The Bertz CT molecular complexity index is 1140. The van der Waals surface area contributed by atoms with Gasteiger partial charge in [0.25, 0.3) is 0 Å². The van der Waals surface area contributed by atoms with E-state index in [0.29, 0.717) is 26.1 Å². The SMILES string of the molecule is CCCCCCCC/C=C\CCCCCCCC(=O)OCCCCCC(O)C(CCCCOC(=O)CCCCCCC/C=C\CCCCCCCC)CNCCCn1cccn1. The van der Waals surface area contributed by atoms with Crippen molar-refractivity contribution in [3.05, 3.63) is 42.8 Å². The zero-order valence-electron chi connectivity index (χ0n) is 40.7. The minimum atomic E-state index is -0.388. The second kappa shape index (κ2) is 46.5. The van der Waals surface area contributed by atoms with E-state index in [0.717, 1.165) is 96.7 Å². The van der Waals surface area contributed by atoms with Crippen LogP contribution in [-0.4, -0.2) is 59.2 Å². The molecule has 0 aliphatic carbocycles. The standard InChI is InChI=1S/C54H99N3O5/c1-3-5-7-9-11-13-15-17-19-21-23-25-27-29-33-42-53(59)61-48-36-31-32-41-52(58)51(50-55-44-38-46-57-47-39-45-56-57)40-35-37-49-62-54(60)43-34-30-28-26-24-22-20-18-16-14-12-10-8-6-4-2/h17-20,39,45,47,51-52,55,58H,3-16,21-38,40-44,46,48-50H2,1-2H3/b19-17-,20-18-. The molecule has 1 aromatic rings. The van der Waals surface area contributed by atoms with Crippen molar-refractivity contribution in [2.24, 2.45) is 5.92 Å². The van der Waals surface area contributed by atoms with Gasteiger partial charge in [-0.15, -0.1) is 0 Å². The molecule has 1 heterocycles. The summed E-state index contributed by atoms with van der Waals surface area (Å²) in [5, 5.41) is 19.1. The Labute approximate surface area is 382 Å². The van der Waals surface area contributed by atoms with Gasteiger partial charge in [-0.05, 0) is 128 Å². The fraction of sp³-hybridized carbons (Fsp3) is 0.833. The summed E-state index contributed by atoms with van der Waals surface area (Å²) >= 11 is 0. The molecule has 360 valence electrons. The van der Waals surface area contributed by atoms with Gasteiger partial charge in [-0.2, -0.15) is 5.10 Å². The lowest BCUT2D eigenvalue weighted by Gasteiger charge is -2.24. The molecule has 0 aromatic carbocycles. The van der Waals surface area contributed by atoms with Crippen LogP contribution in [0.25, 0.3) is 0 Å². The first-order valence-corrected chi connectivity index (χ1v) is 26.5. The molecular weight excluding hydrogens is 771 g/mol. The summed E-state index contributed by atoms with van der Waals surface area (Å²) < 4.78 is 13.0. The molecule has 0 spiro atoms. The van der Waals surface area contributed by atoms with Crippen LogP contribution in [0.1, 0.15) is 245 Å². The van der Waals surface area contributed by atoms with E-state index in [1.165, 1.54) is 141 Å². The number of aromatic nitrogens is 2. The van der Waals surface area contributed by atoms with E-state index in [1.807, 2.05) is 16.9 Å². The Morgan fingerprint density at radius 3 is 1.48 bits per heavy atom. The molecule has 62 heavy (non-hydrogen) atoms. The van der Waals surface area contributed by atoms with Gasteiger partial charge < -0.3 is 19.9 Å². The Hall–Kier alpha value is -2.45. The lowest BCUT2D eigenvalue weighted by molar-refractivity contribution is -0.144. The lowest BCUT2D eigenvalue weighted by Crippen LogP contribution is -2.32. The second-order valence-electron chi connectivity index (χ2n) is 18.1. The number of nitrogens with one attached hydrogen (secondary N) is 1. The van der Waals surface area contributed by atoms with E-state index in [2.05, 4.69) is 48.6 Å². The van der Waals surface area contributed by atoms with Gasteiger partial charge in [-0.25, -0.2) is 0 Å². The average Bonchev–Trinajstić information content (AvgIpc) is 3.80. The van der Waals surface area contributed by atoms with Crippen LogP contribution in [-0.2, 0) is 25.6 Å². The highest BCUT2D eigenvalue weighted by atomic mass is 16.5. The molecule has 2 atom stereocenters. The van der Waals surface area contributed by atoms with Gasteiger partial charge in [0.2, 0.25) is 0 Å². The summed E-state index contributed by atoms with van der Waals surface area (Å²) in [5.41, 5.74) is 0. The van der Waals surface area contributed by atoms with Crippen molar-refractivity contribution in [2.45, 2.75) is 258 Å². The molecule has 8 heteroatoms. The number of aryl methyl sites for hydroxylation is 1. The number of aliphatic hydroxyl groups is 1. The largest absolute Gasteiger partial charge is 0.466 e. The van der Waals surface area contributed by atoms with Crippen LogP contribution in [0.2, 0.25) is 0 Å². The van der Waals surface area contributed by atoms with Crippen LogP contribution in [0.4, 0.5) is 0 Å². The monoisotopic (exact) mass is 870 g/mol. The van der Waals surface area contributed by atoms with Gasteiger partial charge >= 0.3 is 11.9 Å². The highest BCUT2D eigenvalue weighted by molar-refractivity contribution is 5.69. The topological polar surface area (TPSA) is 103 Å². The van der Waals surface area contributed by atoms with Crippen LogP contribution in [0, 0.1) is 5.92 Å². The molecule has 0 bridgehead atoms. The smallest absolute Gasteiger partial charge is 0.305 e. The molecule has 0 fully saturated rings. The van der Waals surface area contributed by atoms with Crippen molar-refractivity contribution in [1.29, 1.82) is 0 Å². The summed E-state index contributed by atoms with van der Waals surface area (Å²) in [6.45, 7) is 7.98. The van der Waals surface area contributed by atoms with Gasteiger partial charge in [0.15, 0.2) is 0 Å². The molecule has 2 unspecified atom stereocenters. The predicted octanol–water partition coefficient (Wildman–Crippen LogP) is 14.7. The first kappa shape index (κ1) is 57.6. The first-order valence-electron chi connectivity index (χ1n) is 26.5. The van der Waals surface area contributed by atoms with Crippen molar-refractivity contribution < 1.29 is 24.2 Å². The molecule has 1 rings (SSSR count). The van der Waals surface area contributed by atoms with Gasteiger partial charge in [-0.1, -0.05) is 147 Å². The Balaban J connectivity index is 2.12. The van der Waals surface area contributed by atoms with Crippen molar-refractivity contribution in [3.63, 3.8) is 0 Å². The maximum absolute atomic E-state index is 12.3. The predicted molar refractivity (Wildman–Crippen MR) is 262 cm³/mol. The van der Waals surface area contributed by atoms with Crippen molar-refractivity contribution >= 4 is 11.9 Å². The second-order valence-corrected chi connectivity index (χ2v) is 18.1. The van der Waals surface area contributed by atoms with Gasteiger partial charge in [0.05, 0.1) is 19.3 Å². The highest BCUT2D eigenvalue weighted by Gasteiger charge is 2.19. The quantitative estimate of drug-likeness (QED) is 0.0382. The van der Waals surface area contributed by atoms with Crippen LogP contribution >= 0.6 is 0 Å². The fourth-order valence-electron chi connectivity index (χ4n) is 8.09. The first-order chi connectivity index (χ1) is 30.6. The number of hydrogen-bond acceptors (Lipinski definition) is 7. The van der Waals surface area contributed by atoms with Gasteiger partial charge in [0.1, 0.15) is 0 Å². The number of unbranched alkanes of at least 4 members (excludes halogenated alkanes) is 25. The van der Waals surface area contributed by atoms with Crippen molar-refractivity contribution in [2.75, 3.05) is 26.3 Å². The van der Waals surface area contributed by atoms with Crippen LogP contribution in [0.5, 0.6) is 0 Å². The van der Waals surface area contributed by atoms with Gasteiger partial charge in [0, 0.05) is 38.3 Å². The molecule has 2 N–H and O–H groups in total. The number of hydrogen-bond donors (Lipinski definition) is 2. The Morgan fingerprint density at radius 1 is 0.565 bits per heavy atom. The minimum absolute atomic E-state index is 0.0740. The third-order valence-corrected chi connectivity index (χ3v) is 12.2. The Kier molecular flexibility index (Phi) is 43.2. The summed E-state index contributed by atoms with van der Waals surface area (Å²) in [6, 6.07) is 1.95. The molecule has 0 aliphatic rings. The van der Waals surface area contributed by atoms with Gasteiger partial charge in [-0.3, -0.25) is 14.3 Å². The Morgan fingerprint density at radius 2 is 1.00 bits per heavy atom. The van der Waals surface area contributed by atoms with Crippen molar-refractivity contribution in [3.8, 4) is 0 Å². The molecular formula is C54H99N3O5. The zero-order chi connectivity index (χ0) is 44.7. The molecule has 1 aromatic heterocycles. The summed E-state index contributed by atoms with van der Waals surface area (Å²) in [5.74, 6) is -0.00248. The lowest BCUT2D eigenvalue weighted by atomic mass is 9.92. The van der Waals surface area contributed by atoms with Crippen LogP contribution < -0.4 is 5.32 Å². The number of ether oxygens (including phenoxy) is 2. The fourth-order valence-corrected chi connectivity index (χ4v) is 8.09. The number of aliphatic hydroxyl groups excluding tert-OH is 1. The van der Waals surface area contributed by atoms with E-state index in [9.17, 15) is 14.7 Å². The summed E-state index contributed by atoms with van der Waals surface area (Å²) in [4.78, 5) is 24.6. The van der Waals surface area contributed by atoms with Crippen molar-refractivity contribution in [1.82, 2.24) is 15.1 Å². The van der Waals surface area contributed by atoms with E-state index in [4.69, 9.17) is 9.47 Å². The number of rotatable bonds is 48. The molecule has 0 amide bonds. The molecule has 8 nitrogen and oxygen atoms in total.